The van der Waals surface area contributed by atoms with Crippen molar-refractivity contribution >= 4 is 11.0 Å². The first-order valence-electron chi connectivity index (χ1n) is 10.4. The van der Waals surface area contributed by atoms with Crippen LogP contribution in [0.15, 0.2) is 39.5 Å². The number of hydrogen-bond donors (Lipinski definition) is 1. The van der Waals surface area contributed by atoms with Crippen LogP contribution in [-0.4, -0.2) is 52.3 Å². The maximum atomic E-state index is 13.5. The lowest BCUT2D eigenvalue weighted by atomic mass is 10.00. The molecule has 2 heterocycles. The number of piperazine rings is 1. The Hall–Kier alpha value is -3.03. The summed E-state index contributed by atoms with van der Waals surface area (Å²) in [5.41, 5.74) is 1.98. The van der Waals surface area contributed by atoms with Crippen LogP contribution in [0, 0.1) is 6.92 Å². The molecule has 1 aromatic heterocycles. The van der Waals surface area contributed by atoms with E-state index in [9.17, 15) is 9.90 Å². The van der Waals surface area contributed by atoms with Gasteiger partial charge in [0.15, 0.2) is 11.5 Å². The Morgan fingerprint density at radius 1 is 1.10 bits per heavy atom. The van der Waals surface area contributed by atoms with Crippen LogP contribution in [0.4, 0.5) is 0 Å². The van der Waals surface area contributed by atoms with Gasteiger partial charge < -0.3 is 23.9 Å². The number of aryl methyl sites for hydroxylation is 1. The zero-order chi connectivity index (χ0) is 22.1. The van der Waals surface area contributed by atoms with Crippen LogP contribution in [0.5, 0.6) is 17.2 Å². The van der Waals surface area contributed by atoms with Gasteiger partial charge in [-0.1, -0.05) is 17.9 Å². The second kappa shape index (κ2) is 8.61. The summed E-state index contributed by atoms with van der Waals surface area (Å²) in [5, 5.41) is 13.1. The van der Waals surface area contributed by atoms with Crippen molar-refractivity contribution in [3.05, 3.63) is 51.9 Å². The summed E-state index contributed by atoms with van der Waals surface area (Å²) in [6, 6.07) is 8.40. The van der Waals surface area contributed by atoms with Crippen LogP contribution < -0.4 is 24.9 Å². The number of rotatable bonds is 5. The molecule has 0 aliphatic carbocycles. The van der Waals surface area contributed by atoms with Gasteiger partial charge in [0.1, 0.15) is 17.9 Å². The first-order chi connectivity index (χ1) is 14.9. The minimum atomic E-state index is -0.152. The number of nitrogens with one attached hydrogen (secondary N) is 1. The number of fused-ring (bicyclic) bond motifs is 1. The van der Waals surface area contributed by atoms with Gasteiger partial charge in [0, 0.05) is 18.7 Å². The number of benzene rings is 2. The number of ether oxygens (including phenoxy) is 2. The lowest BCUT2D eigenvalue weighted by molar-refractivity contribution is -0.918. The summed E-state index contributed by atoms with van der Waals surface area (Å²) in [5.74, 6) is 1.51. The van der Waals surface area contributed by atoms with Gasteiger partial charge in [0.05, 0.1) is 38.3 Å². The van der Waals surface area contributed by atoms with Gasteiger partial charge >= 0.3 is 0 Å². The molecule has 0 bridgehead atoms. The molecule has 0 saturated carbocycles. The number of nitrogens with zero attached hydrogens (tertiary/aromatic N) is 1. The maximum absolute atomic E-state index is 13.5. The van der Waals surface area contributed by atoms with Gasteiger partial charge in [-0.05, 0) is 37.7 Å². The lowest BCUT2D eigenvalue weighted by Gasteiger charge is -2.30. The minimum Gasteiger partial charge on any atom is -0.872 e. The van der Waals surface area contributed by atoms with Crippen molar-refractivity contribution < 1.29 is 23.9 Å². The molecule has 0 unspecified atom stereocenters. The van der Waals surface area contributed by atoms with Crippen molar-refractivity contribution in [2.45, 2.75) is 13.5 Å². The van der Waals surface area contributed by atoms with Gasteiger partial charge in [-0.15, -0.1) is 0 Å². The third-order valence-corrected chi connectivity index (χ3v) is 6.09. The molecule has 1 fully saturated rings. The standard InChI is InChI=1S/C24H28N2O5/c1-15-22(16-5-8-20(29-3)21(13-16)30-4)23(28)17-6-7-19(27)18(24(17)31-15)14-26-11-9-25(2)10-12-26/h5-8,13,27H,9-12,14H2,1-4H3. The molecule has 7 nitrogen and oxygen atoms in total. The molecule has 0 amide bonds. The molecule has 2 aromatic carbocycles. The summed E-state index contributed by atoms with van der Waals surface area (Å²) in [6.45, 7) is 6.21. The zero-order valence-corrected chi connectivity index (χ0v) is 18.4. The largest absolute Gasteiger partial charge is 0.872 e. The maximum Gasteiger partial charge on any atom is 0.200 e. The Kier molecular flexibility index (Phi) is 5.89. The summed E-state index contributed by atoms with van der Waals surface area (Å²) in [6.07, 6.45) is 0. The molecule has 3 aromatic rings. The highest BCUT2D eigenvalue weighted by Crippen LogP contribution is 2.34. The molecule has 164 valence electrons. The second-order valence-corrected chi connectivity index (χ2v) is 8.08. The van der Waals surface area contributed by atoms with Crippen LogP contribution in [0.2, 0.25) is 0 Å². The smallest absolute Gasteiger partial charge is 0.200 e. The third kappa shape index (κ3) is 3.98. The van der Waals surface area contributed by atoms with Crippen molar-refractivity contribution in [2.24, 2.45) is 0 Å². The van der Waals surface area contributed by atoms with E-state index < -0.39 is 0 Å². The second-order valence-electron chi connectivity index (χ2n) is 8.08. The molecule has 1 saturated heterocycles. The van der Waals surface area contributed by atoms with Crippen LogP contribution in [0.25, 0.3) is 22.1 Å². The number of methoxy groups -OCH3 is 2. The summed E-state index contributed by atoms with van der Waals surface area (Å²) in [4.78, 5) is 17.1. The Balaban J connectivity index is 1.81. The van der Waals surface area contributed by atoms with E-state index in [2.05, 4.69) is 11.9 Å². The predicted octanol–water partition coefficient (Wildman–Crippen LogP) is 1.19. The van der Waals surface area contributed by atoms with E-state index in [1.165, 1.54) is 11.0 Å². The van der Waals surface area contributed by atoms with Gasteiger partial charge in [0.2, 0.25) is 5.43 Å². The van der Waals surface area contributed by atoms with Crippen LogP contribution >= 0.6 is 0 Å². The SMILES string of the molecule is COc1ccc(-c2c(C)oc3c(C[NH+]4CCN(C)CC4)c([O-])ccc3c2=O)cc1OC. The summed E-state index contributed by atoms with van der Waals surface area (Å²) in [7, 11) is 5.23. The van der Waals surface area contributed by atoms with Crippen molar-refractivity contribution in [1.29, 1.82) is 0 Å². The molecule has 7 heteroatoms. The molecule has 1 N–H and O–H groups in total. The van der Waals surface area contributed by atoms with E-state index in [1.54, 1.807) is 39.3 Å². The van der Waals surface area contributed by atoms with E-state index in [4.69, 9.17) is 13.9 Å². The molecular formula is C24H28N2O5. The quantitative estimate of drug-likeness (QED) is 0.663. The average Bonchev–Trinajstić information content (AvgIpc) is 2.77. The molecular weight excluding hydrogens is 396 g/mol. The predicted molar refractivity (Wildman–Crippen MR) is 117 cm³/mol. The van der Waals surface area contributed by atoms with E-state index in [0.717, 1.165) is 26.2 Å². The highest BCUT2D eigenvalue weighted by Gasteiger charge is 2.22. The minimum absolute atomic E-state index is 0.0830. The van der Waals surface area contributed by atoms with E-state index >= 15 is 0 Å². The van der Waals surface area contributed by atoms with Crippen molar-refractivity contribution in [1.82, 2.24) is 4.90 Å². The lowest BCUT2D eigenvalue weighted by Crippen LogP contribution is -3.13. The van der Waals surface area contributed by atoms with Crippen molar-refractivity contribution in [3.8, 4) is 28.4 Å². The monoisotopic (exact) mass is 424 g/mol. The van der Waals surface area contributed by atoms with Crippen molar-refractivity contribution in [3.63, 3.8) is 0 Å². The Labute approximate surface area is 181 Å². The summed E-state index contributed by atoms with van der Waals surface area (Å²) < 4.78 is 16.8. The van der Waals surface area contributed by atoms with Gasteiger partial charge in [-0.2, -0.15) is 0 Å². The average molecular weight is 424 g/mol. The first kappa shape index (κ1) is 21.2. The number of quaternary nitrogens is 1. The van der Waals surface area contributed by atoms with E-state index in [-0.39, 0.29) is 11.2 Å². The van der Waals surface area contributed by atoms with E-state index in [1.807, 2.05) is 6.07 Å². The zero-order valence-electron chi connectivity index (χ0n) is 18.4. The normalized spacial score (nSPS) is 15.4. The third-order valence-electron chi connectivity index (χ3n) is 6.09. The van der Waals surface area contributed by atoms with Crippen LogP contribution in [0.1, 0.15) is 11.3 Å². The molecule has 0 radical (unpaired) electrons. The Bertz CT molecular complexity index is 1160. The molecule has 1 aliphatic rings. The Morgan fingerprint density at radius 2 is 1.81 bits per heavy atom. The number of likely N-dealkylation sites (N-methyl/N-ethyl adjacent to an activating group) is 1. The highest BCUT2D eigenvalue weighted by atomic mass is 16.5. The number of hydrogen-bond acceptors (Lipinski definition) is 6. The fraction of sp³-hybridized carbons (Fsp3) is 0.375. The van der Waals surface area contributed by atoms with Gasteiger partial charge in [-0.3, -0.25) is 9.69 Å². The molecule has 31 heavy (non-hydrogen) atoms. The van der Waals surface area contributed by atoms with Crippen LogP contribution in [-0.2, 0) is 6.54 Å². The molecule has 0 atom stereocenters. The topological polar surface area (TPSA) is 79.4 Å². The van der Waals surface area contributed by atoms with Crippen LogP contribution in [0.3, 0.4) is 0 Å². The summed E-state index contributed by atoms with van der Waals surface area (Å²) >= 11 is 0. The molecule has 0 spiro atoms. The van der Waals surface area contributed by atoms with Crippen molar-refractivity contribution in [2.75, 3.05) is 47.4 Å². The van der Waals surface area contributed by atoms with Gasteiger partial charge in [-0.25, -0.2) is 0 Å². The fourth-order valence-electron chi connectivity index (χ4n) is 4.26. The van der Waals surface area contributed by atoms with E-state index in [0.29, 0.717) is 51.5 Å². The molecule has 4 rings (SSSR count). The first-order valence-corrected chi connectivity index (χ1v) is 10.4. The Morgan fingerprint density at radius 3 is 2.48 bits per heavy atom. The highest BCUT2D eigenvalue weighted by molar-refractivity contribution is 5.86. The fourth-order valence-corrected chi connectivity index (χ4v) is 4.26. The molecule has 1 aliphatic heterocycles. The van der Waals surface area contributed by atoms with Gasteiger partial charge in [0.25, 0.3) is 0 Å².